The average Bonchev–Trinajstić information content (AvgIpc) is 3.24. The van der Waals surface area contributed by atoms with E-state index in [1.807, 2.05) is 43.3 Å². The van der Waals surface area contributed by atoms with Crippen molar-refractivity contribution in [1.29, 1.82) is 0 Å². The minimum atomic E-state index is -0.201. The van der Waals surface area contributed by atoms with Crippen LogP contribution in [0.2, 0.25) is 0 Å². The molecule has 0 aromatic heterocycles. The van der Waals surface area contributed by atoms with Crippen LogP contribution in [0.5, 0.6) is 5.75 Å². The summed E-state index contributed by atoms with van der Waals surface area (Å²) in [6.45, 7) is 7.14. The molecule has 1 aliphatic heterocycles. The van der Waals surface area contributed by atoms with E-state index in [1.165, 1.54) is 18.4 Å². The fraction of sp³-hybridized carbons (Fsp3) is 0.391. The van der Waals surface area contributed by atoms with E-state index >= 15 is 0 Å². The van der Waals surface area contributed by atoms with Gasteiger partial charge in [0.15, 0.2) is 0 Å². The third-order valence-corrected chi connectivity index (χ3v) is 5.24. The zero-order valence-electron chi connectivity index (χ0n) is 17.0. The van der Waals surface area contributed by atoms with E-state index in [9.17, 15) is 4.79 Å². The Bertz CT molecular complexity index is 837. The third kappa shape index (κ3) is 4.98. The molecule has 3 rings (SSSR count). The van der Waals surface area contributed by atoms with Gasteiger partial charge in [-0.15, -0.1) is 0 Å². The maximum atomic E-state index is 12.3. The van der Waals surface area contributed by atoms with Crippen molar-refractivity contribution in [3.05, 3.63) is 64.7 Å². The number of benzene rings is 2. The molecule has 0 spiro atoms. The number of carbonyl (C=O) groups excluding carboxylic acids is 1. The van der Waals surface area contributed by atoms with Gasteiger partial charge >= 0.3 is 0 Å². The highest BCUT2D eigenvalue weighted by Gasteiger charge is 2.15. The summed E-state index contributed by atoms with van der Waals surface area (Å²) in [4.78, 5) is 14.8. The molecule has 1 saturated heterocycles. The van der Waals surface area contributed by atoms with Crippen molar-refractivity contribution in [3.8, 4) is 5.75 Å². The van der Waals surface area contributed by atoms with Gasteiger partial charge in [0, 0.05) is 17.7 Å². The molecule has 0 bridgehead atoms. The maximum Gasteiger partial charge on any atom is 0.271 e. The first kappa shape index (κ1) is 20.1. The molecular weight excluding hydrogens is 350 g/mol. The molecule has 0 aliphatic carbocycles. The molecule has 0 radical (unpaired) electrons. The summed E-state index contributed by atoms with van der Waals surface area (Å²) >= 11 is 0. The summed E-state index contributed by atoms with van der Waals surface area (Å²) < 4.78 is 5.53. The zero-order valence-corrected chi connectivity index (χ0v) is 17.0. The number of likely N-dealkylation sites (tertiary alicyclic amines) is 1. The molecule has 0 atom stereocenters. The maximum absolute atomic E-state index is 12.3. The van der Waals surface area contributed by atoms with Gasteiger partial charge in [-0.1, -0.05) is 19.1 Å². The Morgan fingerprint density at radius 3 is 2.43 bits per heavy atom. The zero-order chi connectivity index (χ0) is 19.9. The highest BCUT2D eigenvalue weighted by Crippen LogP contribution is 2.23. The summed E-state index contributed by atoms with van der Waals surface area (Å²) in [5.74, 6) is 0.691. The fourth-order valence-corrected chi connectivity index (χ4v) is 3.46. The van der Waals surface area contributed by atoms with Crippen LogP contribution in [0.1, 0.15) is 53.7 Å². The minimum Gasteiger partial charge on any atom is -0.496 e. The summed E-state index contributed by atoms with van der Waals surface area (Å²) in [7, 11) is 1.70. The Kier molecular flexibility index (Phi) is 6.82. The van der Waals surface area contributed by atoms with Crippen LogP contribution in [0.4, 0.5) is 0 Å². The lowest BCUT2D eigenvalue weighted by molar-refractivity contribution is 0.0955. The Morgan fingerprint density at radius 2 is 1.79 bits per heavy atom. The van der Waals surface area contributed by atoms with Crippen LogP contribution in [0.25, 0.3) is 0 Å². The number of hydrogen-bond donors (Lipinski definition) is 1. The number of nitrogens with zero attached hydrogens (tertiary/aromatic N) is 2. The predicted molar refractivity (Wildman–Crippen MR) is 113 cm³/mol. The first-order valence-electron chi connectivity index (χ1n) is 9.94. The van der Waals surface area contributed by atoms with Gasteiger partial charge in [0.2, 0.25) is 0 Å². The van der Waals surface area contributed by atoms with Gasteiger partial charge in [-0.05, 0) is 80.7 Å². The van der Waals surface area contributed by atoms with Crippen molar-refractivity contribution >= 4 is 11.6 Å². The largest absolute Gasteiger partial charge is 0.496 e. The topological polar surface area (TPSA) is 53.9 Å². The molecule has 0 unspecified atom stereocenters. The molecule has 1 heterocycles. The molecule has 1 amide bonds. The van der Waals surface area contributed by atoms with E-state index in [0.29, 0.717) is 5.56 Å². The quantitative estimate of drug-likeness (QED) is 0.584. The normalized spacial score (nSPS) is 14.9. The average molecular weight is 380 g/mol. The predicted octanol–water partition coefficient (Wildman–Crippen LogP) is 4.01. The smallest absolute Gasteiger partial charge is 0.271 e. The number of rotatable bonds is 7. The van der Waals surface area contributed by atoms with Gasteiger partial charge in [-0.25, -0.2) is 5.43 Å². The summed E-state index contributed by atoms with van der Waals surface area (Å²) in [6.07, 6.45) is 3.47. The molecule has 148 valence electrons. The van der Waals surface area contributed by atoms with Crippen LogP contribution in [0, 0.1) is 0 Å². The van der Waals surface area contributed by atoms with E-state index in [0.717, 1.165) is 48.6 Å². The molecule has 0 saturated carbocycles. The van der Waals surface area contributed by atoms with Gasteiger partial charge in [0.1, 0.15) is 5.75 Å². The van der Waals surface area contributed by atoms with Gasteiger partial charge < -0.3 is 4.74 Å². The van der Waals surface area contributed by atoms with Gasteiger partial charge in [0.25, 0.3) is 5.91 Å². The summed E-state index contributed by atoms with van der Waals surface area (Å²) in [5, 5.41) is 4.30. The van der Waals surface area contributed by atoms with Crippen LogP contribution in [-0.4, -0.2) is 36.7 Å². The first-order chi connectivity index (χ1) is 13.6. The third-order valence-electron chi connectivity index (χ3n) is 5.24. The molecular formula is C23H29N3O2. The number of hydrazone groups is 1. The molecule has 1 aliphatic rings. The van der Waals surface area contributed by atoms with E-state index in [1.54, 1.807) is 7.11 Å². The van der Waals surface area contributed by atoms with Gasteiger partial charge in [-0.3, -0.25) is 9.69 Å². The summed E-state index contributed by atoms with van der Waals surface area (Å²) in [5.41, 5.74) is 7.38. The number of carbonyl (C=O) groups is 1. The van der Waals surface area contributed by atoms with Crippen molar-refractivity contribution in [2.45, 2.75) is 39.7 Å². The second kappa shape index (κ2) is 9.51. The minimum absolute atomic E-state index is 0.201. The van der Waals surface area contributed by atoms with Crippen LogP contribution >= 0.6 is 0 Å². The molecule has 1 N–H and O–H groups in total. The van der Waals surface area contributed by atoms with Crippen LogP contribution < -0.4 is 10.2 Å². The number of nitrogens with one attached hydrogen (secondary N) is 1. The SMILES string of the molecule is CCc1ccc(C(=O)N/N=C(/C)c2ccc(OC)c(CN3CCCC3)c2)cc1. The van der Waals surface area contributed by atoms with Gasteiger partial charge in [0.05, 0.1) is 12.8 Å². The molecule has 1 fully saturated rings. The number of amides is 1. The van der Waals surface area contributed by atoms with Gasteiger partial charge in [-0.2, -0.15) is 5.10 Å². The standard InChI is InChI=1S/C23H29N3O2/c1-4-18-7-9-19(10-8-18)23(27)25-24-17(2)20-11-12-22(28-3)21(15-20)16-26-13-5-6-14-26/h7-12,15H,4-6,13-14,16H2,1-3H3,(H,25,27)/b24-17-. The molecule has 5 nitrogen and oxygen atoms in total. The van der Waals surface area contributed by atoms with Crippen molar-refractivity contribution in [2.24, 2.45) is 5.10 Å². The van der Waals surface area contributed by atoms with Crippen molar-refractivity contribution < 1.29 is 9.53 Å². The van der Waals surface area contributed by atoms with Crippen molar-refractivity contribution in [2.75, 3.05) is 20.2 Å². The number of methoxy groups -OCH3 is 1. The Morgan fingerprint density at radius 1 is 1.11 bits per heavy atom. The van der Waals surface area contributed by atoms with E-state index < -0.39 is 0 Å². The number of hydrogen-bond acceptors (Lipinski definition) is 4. The first-order valence-corrected chi connectivity index (χ1v) is 9.94. The van der Waals surface area contributed by atoms with Crippen molar-refractivity contribution in [3.63, 3.8) is 0 Å². The van der Waals surface area contributed by atoms with E-state index in [2.05, 4.69) is 28.4 Å². The Balaban J connectivity index is 1.71. The van der Waals surface area contributed by atoms with E-state index in [-0.39, 0.29) is 5.91 Å². The van der Waals surface area contributed by atoms with Crippen molar-refractivity contribution in [1.82, 2.24) is 10.3 Å². The molecule has 28 heavy (non-hydrogen) atoms. The van der Waals surface area contributed by atoms with Crippen LogP contribution in [0.15, 0.2) is 47.6 Å². The second-order valence-electron chi connectivity index (χ2n) is 7.20. The second-order valence-corrected chi connectivity index (χ2v) is 7.20. The molecule has 5 heteroatoms. The van der Waals surface area contributed by atoms with Crippen LogP contribution in [0.3, 0.4) is 0 Å². The number of ether oxygens (including phenoxy) is 1. The highest BCUT2D eigenvalue weighted by atomic mass is 16.5. The Hall–Kier alpha value is -2.66. The lowest BCUT2D eigenvalue weighted by Gasteiger charge is -2.17. The molecule has 2 aromatic rings. The number of aryl methyl sites for hydroxylation is 1. The fourth-order valence-electron chi connectivity index (χ4n) is 3.46. The summed E-state index contributed by atoms with van der Waals surface area (Å²) in [6, 6.07) is 13.7. The highest BCUT2D eigenvalue weighted by molar-refractivity contribution is 6.01. The van der Waals surface area contributed by atoms with E-state index in [4.69, 9.17) is 4.74 Å². The lowest BCUT2D eigenvalue weighted by Crippen LogP contribution is -2.20. The monoisotopic (exact) mass is 379 g/mol. The lowest BCUT2D eigenvalue weighted by atomic mass is 10.1. The molecule has 2 aromatic carbocycles. The Labute approximate surface area is 167 Å². The van der Waals surface area contributed by atoms with Crippen LogP contribution in [-0.2, 0) is 13.0 Å².